The molecule has 0 radical (unpaired) electrons. The first kappa shape index (κ1) is 23.5. The van der Waals surface area contributed by atoms with Gasteiger partial charge in [0.05, 0.1) is 6.61 Å². The minimum Gasteiger partial charge on any atom is -0.394 e. The van der Waals surface area contributed by atoms with E-state index in [1.807, 2.05) is 0 Å². The molecule has 0 aromatic carbocycles. The molecule has 24 heavy (non-hydrogen) atoms. The van der Waals surface area contributed by atoms with Crippen LogP contribution in [0.5, 0.6) is 0 Å². The number of hydrogen-bond acceptors (Lipinski definition) is 4. The summed E-state index contributed by atoms with van der Waals surface area (Å²) in [5.41, 5.74) is 0. The summed E-state index contributed by atoms with van der Waals surface area (Å²) in [5, 5.41) is 27.5. The number of aliphatic hydroxyl groups is 3. The molecule has 0 saturated carbocycles. The molecule has 0 fully saturated rings. The molecule has 0 aliphatic rings. The third-order valence-corrected chi connectivity index (χ3v) is 4.87. The van der Waals surface area contributed by atoms with E-state index in [-0.39, 0.29) is 12.2 Å². The van der Waals surface area contributed by atoms with Crippen molar-refractivity contribution in [2.45, 2.75) is 97.7 Å². The van der Waals surface area contributed by atoms with Gasteiger partial charge in [0.25, 0.3) is 0 Å². The van der Waals surface area contributed by atoms with Crippen LogP contribution in [0.2, 0.25) is 0 Å². The van der Waals surface area contributed by atoms with Crippen LogP contribution in [0.1, 0.15) is 85.5 Å². The molecule has 0 aromatic heterocycles. The SMILES string of the molecule is CC(C)CCCC(C)CCCC(C)CCCC(=O)C(O)C(O)CO. The van der Waals surface area contributed by atoms with Gasteiger partial charge in [-0.25, -0.2) is 0 Å². The summed E-state index contributed by atoms with van der Waals surface area (Å²) in [4.78, 5) is 11.7. The average Bonchev–Trinajstić information content (AvgIpc) is 2.52. The van der Waals surface area contributed by atoms with Gasteiger partial charge in [0.15, 0.2) is 5.78 Å². The fraction of sp³-hybridized carbons (Fsp3) is 0.950. The molecule has 3 N–H and O–H groups in total. The fourth-order valence-electron chi connectivity index (χ4n) is 3.07. The van der Waals surface area contributed by atoms with E-state index in [0.29, 0.717) is 5.92 Å². The van der Waals surface area contributed by atoms with Gasteiger partial charge < -0.3 is 15.3 Å². The van der Waals surface area contributed by atoms with Crippen molar-refractivity contribution in [3.8, 4) is 0 Å². The first-order valence-corrected chi connectivity index (χ1v) is 9.77. The van der Waals surface area contributed by atoms with E-state index < -0.39 is 18.8 Å². The molecular weight excluding hydrogens is 304 g/mol. The van der Waals surface area contributed by atoms with E-state index in [9.17, 15) is 15.0 Å². The van der Waals surface area contributed by atoms with Crippen molar-refractivity contribution >= 4 is 5.78 Å². The van der Waals surface area contributed by atoms with Gasteiger partial charge in [-0.1, -0.05) is 72.6 Å². The molecule has 0 amide bonds. The van der Waals surface area contributed by atoms with E-state index in [1.54, 1.807) is 0 Å². The van der Waals surface area contributed by atoms with Crippen molar-refractivity contribution in [1.82, 2.24) is 0 Å². The molecule has 0 spiro atoms. The van der Waals surface area contributed by atoms with Crippen LogP contribution in [-0.2, 0) is 4.79 Å². The first-order chi connectivity index (χ1) is 11.3. The van der Waals surface area contributed by atoms with Crippen molar-refractivity contribution in [2.75, 3.05) is 6.61 Å². The summed E-state index contributed by atoms with van der Waals surface area (Å²) in [6, 6.07) is 0. The second kappa shape index (κ2) is 13.8. The summed E-state index contributed by atoms with van der Waals surface area (Å²) < 4.78 is 0. The van der Waals surface area contributed by atoms with Crippen LogP contribution in [0.25, 0.3) is 0 Å². The third kappa shape index (κ3) is 12.0. The largest absolute Gasteiger partial charge is 0.394 e. The second-order valence-corrected chi connectivity index (χ2v) is 8.02. The van der Waals surface area contributed by atoms with Gasteiger partial charge in [-0.15, -0.1) is 0 Å². The minimum absolute atomic E-state index is 0.272. The topological polar surface area (TPSA) is 77.8 Å². The van der Waals surface area contributed by atoms with E-state index in [2.05, 4.69) is 27.7 Å². The zero-order valence-electron chi connectivity index (χ0n) is 16.2. The Bertz CT molecular complexity index is 317. The molecule has 4 heteroatoms. The Morgan fingerprint density at radius 2 is 1.25 bits per heavy atom. The van der Waals surface area contributed by atoms with E-state index >= 15 is 0 Å². The van der Waals surface area contributed by atoms with Crippen LogP contribution >= 0.6 is 0 Å². The highest BCUT2D eigenvalue weighted by Gasteiger charge is 2.22. The lowest BCUT2D eigenvalue weighted by Crippen LogP contribution is -2.36. The number of carbonyl (C=O) groups excluding carboxylic acids is 1. The summed E-state index contributed by atoms with van der Waals surface area (Å²) in [7, 11) is 0. The number of Topliss-reactive ketones (excluding diaryl/α,β-unsaturated/α-hetero) is 1. The van der Waals surface area contributed by atoms with Gasteiger partial charge in [0.2, 0.25) is 0 Å². The zero-order valence-corrected chi connectivity index (χ0v) is 16.2. The standard InChI is InChI=1S/C20H40O4/c1-15(2)8-5-9-16(3)10-6-11-17(4)12-7-13-18(22)20(24)19(23)14-21/h15-17,19-21,23-24H,5-14H2,1-4H3. The number of carbonyl (C=O) groups is 1. The van der Waals surface area contributed by atoms with Crippen LogP contribution in [0.15, 0.2) is 0 Å². The van der Waals surface area contributed by atoms with Gasteiger partial charge in [-0.05, 0) is 24.2 Å². The molecule has 4 unspecified atom stereocenters. The maximum Gasteiger partial charge on any atom is 0.164 e. The summed E-state index contributed by atoms with van der Waals surface area (Å²) in [5.74, 6) is 1.81. The minimum atomic E-state index is -1.45. The lowest BCUT2D eigenvalue weighted by Gasteiger charge is -2.16. The molecule has 0 saturated heterocycles. The lowest BCUT2D eigenvalue weighted by atomic mass is 9.91. The highest BCUT2D eigenvalue weighted by molar-refractivity contribution is 5.83. The first-order valence-electron chi connectivity index (χ1n) is 9.77. The number of aliphatic hydroxyl groups excluding tert-OH is 3. The van der Waals surface area contributed by atoms with Crippen molar-refractivity contribution in [3.63, 3.8) is 0 Å². The second-order valence-electron chi connectivity index (χ2n) is 8.02. The van der Waals surface area contributed by atoms with Crippen molar-refractivity contribution < 1.29 is 20.1 Å². The Morgan fingerprint density at radius 1 is 0.792 bits per heavy atom. The maximum absolute atomic E-state index is 11.7. The predicted octanol–water partition coefficient (Wildman–Crippen LogP) is 3.71. The van der Waals surface area contributed by atoms with Crippen LogP contribution in [0.3, 0.4) is 0 Å². The third-order valence-electron chi connectivity index (χ3n) is 4.87. The normalized spacial score (nSPS) is 16.8. The number of ketones is 1. The lowest BCUT2D eigenvalue weighted by molar-refractivity contribution is -0.134. The Balaban J connectivity index is 3.69. The van der Waals surface area contributed by atoms with E-state index in [1.165, 1.54) is 38.5 Å². The predicted molar refractivity (Wildman–Crippen MR) is 98.8 cm³/mol. The Kier molecular flexibility index (Phi) is 13.5. The van der Waals surface area contributed by atoms with Gasteiger partial charge >= 0.3 is 0 Å². The summed E-state index contributed by atoms with van der Waals surface area (Å²) in [6.45, 7) is 8.53. The smallest absolute Gasteiger partial charge is 0.164 e. The molecule has 0 bridgehead atoms. The summed E-state index contributed by atoms with van der Waals surface area (Å²) in [6.07, 6.45) is 6.86. The zero-order chi connectivity index (χ0) is 18.5. The van der Waals surface area contributed by atoms with Crippen LogP contribution in [0, 0.1) is 17.8 Å². The monoisotopic (exact) mass is 344 g/mol. The molecule has 0 aromatic rings. The van der Waals surface area contributed by atoms with Crippen molar-refractivity contribution in [1.29, 1.82) is 0 Å². The van der Waals surface area contributed by atoms with Gasteiger partial charge in [-0.2, -0.15) is 0 Å². The molecular formula is C20H40O4. The molecule has 4 nitrogen and oxygen atoms in total. The van der Waals surface area contributed by atoms with Crippen LogP contribution < -0.4 is 0 Å². The quantitative estimate of drug-likeness (QED) is 0.423. The molecule has 0 rings (SSSR count). The molecule has 144 valence electrons. The molecule has 0 heterocycles. The van der Waals surface area contributed by atoms with Crippen molar-refractivity contribution in [3.05, 3.63) is 0 Å². The van der Waals surface area contributed by atoms with E-state index in [4.69, 9.17) is 5.11 Å². The Morgan fingerprint density at radius 3 is 1.71 bits per heavy atom. The van der Waals surface area contributed by atoms with Gasteiger partial charge in [0, 0.05) is 6.42 Å². The Labute approximate surface area is 148 Å². The maximum atomic E-state index is 11.7. The van der Waals surface area contributed by atoms with E-state index in [0.717, 1.165) is 24.7 Å². The van der Waals surface area contributed by atoms with Crippen LogP contribution in [0.4, 0.5) is 0 Å². The molecule has 0 aliphatic carbocycles. The highest BCUT2D eigenvalue weighted by Crippen LogP contribution is 2.21. The van der Waals surface area contributed by atoms with Gasteiger partial charge in [0.1, 0.15) is 12.2 Å². The number of rotatable bonds is 15. The average molecular weight is 345 g/mol. The summed E-state index contributed by atoms with van der Waals surface area (Å²) >= 11 is 0. The van der Waals surface area contributed by atoms with Gasteiger partial charge in [-0.3, -0.25) is 4.79 Å². The molecule has 0 aliphatic heterocycles. The fourth-order valence-corrected chi connectivity index (χ4v) is 3.07. The van der Waals surface area contributed by atoms with Crippen LogP contribution in [-0.4, -0.2) is 39.9 Å². The highest BCUT2D eigenvalue weighted by atomic mass is 16.4. The van der Waals surface area contributed by atoms with Crippen molar-refractivity contribution in [2.24, 2.45) is 17.8 Å². The molecule has 4 atom stereocenters. The number of hydrogen-bond donors (Lipinski definition) is 3. The Hall–Kier alpha value is -0.450.